The van der Waals surface area contributed by atoms with E-state index in [4.69, 9.17) is 21.5 Å². The van der Waals surface area contributed by atoms with Crippen LogP contribution in [0.15, 0.2) is 35.6 Å². The molecule has 0 atom stereocenters. The minimum absolute atomic E-state index is 0.0331. The van der Waals surface area contributed by atoms with Gasteiger partial charge in [-0.1, -0.05) is 0 Å². The number of nitriles is 1. The highest BCUT2D eigenvalue weighted by Gasteiger charge is 2.15. The summed E-state index contributed by atoms with van der Waals surface area (Å²) in [7, 11) is 0. The number of carbonyl (C=O) groups is 2. The van der Waals surface area contributed by atoms with Crippen LogP contribution in [0.1, 0.15) is 19.3 Å². The molecule has 0 aliphatic rings. The topological polar surface area (TPSA) is 120 Å². The molecule has 7 heteroatoms. The van der Waals surface area contributed by atoms with Crippen molar-refractivity contribution < 1.29 is 24.5 Å². The molecule has 24 heavy (non-hydrogen) atoms. The molecule has 1 aromatic carbocycles. The van der Waals surface area contributed by atoms with Crippen LogP contribution in [-0.4, -0.2) is 28.7 Å². The lowest BCUT2D eigenvalue weighted by molar-refractivity contribution is -0.137. The predicted octanol–water partition coefficient (Wildman–Crippen LogP) is 2.23. The molecule has 0 aromatic heterocycles. The van der Waals surface area contributed by atoms with Gasteiger partial charge in [-0.3, -0.25) is 9.59 Å². The second-order valence-electron chi connectivity index (χ2n) is 4.61. The summed E-state index contributed by atoms with van der Waals surface area (Å²) in [6.07, 6.45) is 5.21. The Morgan fingerprint density at radius 2 is 1.88 bits per heavy atom. The lowest BCUT2D eigenvalue weighted by atomic mass is 10.1. The van der Waals surface area contributed by atoms with E-state index in [0.717, 1.165) is 0 Å². The molecule has 3 N–H and O–H groups in total. The fourth-order valence-corrected chi connectivity index (χ4v) is 1.65. The van der Waals surface area contributed by atoms with E-state index in [1.165, 1.54) is 12.1 Å². The minimum atomic E-state index is -0.959. The Kier molecular flexibility index (Phi) is 7.40. The Bertz CT molecular complexity index is 708. The van der Waals surface area contributed by atoms with Crippen molar-refractivity contribution in [3.63, 3.8) is 0 Å². The highest BCUT2D eigenvalue weighted by Crippen LogP contribution is 2.17. The Hall–Kier alpha value is -3.45. The van der Waals surface area contributed by atoms with E-state index < -0.39 is 17.4 Å². The van der Waals surface area contributed by atoms with Crippen molar-refractivity contribution in [1.29, 1.82) is 5.26 Å². The summed E-state index contributed by atoms with van der Waals surface area (Å²) in [5.74, 6) is 0.694. The van der Waals surface area contributed by atoms with E-state index in [1.54, 1.807) is 18.2 Å². The molecule has 7 nitrogen and oxygen atoms in total. The molecule has 0 bridgehead atoms. The largest absolute Gasteiger partial charge is 0.511 e. The van der Waals surface area contributed by atoms with Crippen molar-refractivity contribution in [2.75, 3.05) is 11.9 Å². The molecule has 0 saturated carbocycles. The van der Waals surface area contributed by atoms with Crippen LogP contribution in [0.25, 0.3) is 0 Å². The van der Waals surface area contributed by atoms with Crippen molar-refractivity contribution in [1.82, 2.24) is 0 Å². The second kappa shape index (κ2) is 9.54. The first-order chi connectivity index (χ1) is 11.5. The van der Waals surface area contributed by atoms with Gasteiger partial charge in [-0.25, -0.2) is 0 Å². The van der Waals surface area contributed by atoms with Crippen molar-refractivity contribution in [2.45, 2.75) is 19.3 Å². The van der Waals surface area contributed by atoms with Crippen LogP contribution >= 0.6 is 0 Å². The van der Waals surface area contributed by atoms with Crippen LogP contribution in [0.3, 0.4) is 0 Å². The zero-order valence-electron chi connectivity index (χ0n) is 12.8. The molecule has 0 unspecified atom stereocenters. The summed E-state index contributed by atoms with van der Waals surface area (Å²) < 4.78 is 5.21. The smallest absolute Gasteiger partial charge is 0.306 e. The second-order valence-corrected chi connectivity index (χ2v) is 4.61. The van der Waals surface area contributed by atoms with Crippen LogP contribution in [0.4, 0.5) is 5.69 Å². The van der Waals surface area contributed by atoms with E-state index in [9.17, 15) is 14.7 Å². The molecule has 1 amide bonds. The minimum Gasteiger partial charge on any atom is -0.511 e. The number of hydrogen-bond donors (Lipinski definition) is 3. The lowest BCUT2D eigenvalue weighted by Crippen LogP contribution is -2.15. The molecule has 0 radical (unpaired) electrons. The van der Waals surface area contributed by atoms with Crippen molar-refractivity contribution >= 4 is 17.6 Å². The van der Waals surface area contributed by atoms with Crippen molar-refractivity contribution in [3.05, 3.63) is 35.6 Å². The number of allylic oxidation sites excluding steroid dienone is 1. The SMILES string of the molecule is C#CCC/C(O)=C(\C#N)C(=O)Nc1ccc(OCCC(=O)O)cc1. The molecule has 0 heterocycles. The number of nitrogens with zero attached hydrogens (tertiary/aromatic N) is 1. The Morgan fingerprint density at radius 3 is 2.42 bits per heavy atom. The third-order valence-electron chi connectivity index (χ3n) is 2.83. The van der Waals surface area contributed by atoms with E-state index >= 15 is 0 Å². The first-order valence-corrected chi connectivity index (χ1v) is 6.99. The normalized spacial score (nSPS) is 10.8. The molecular formula is C17H16N2O5. The number of aliphatic hydroxyl groups excluding tert-OH is 1. The van der Waals surface area contributed by atoms with Gasteiger partial charge in [0, 0.05) is 18.5 Å². The van der Waals surface area contributed by atoms with Gasteiger partial charge in [0.2, 0.25) is 0 Å². The molecule has 0 spiro atoms. The first-order valence-electron chi connectivity index (χ1n) is 6.99. The zero-order chi connectivity index (χ0) is 17.9. The number of carboxylic acid groups (broad SMARTS) is 1. The maximum Gasteiger partial charge on any atom is 0.306 e. The highest BCUT2D eigenvalue weighted by atomic mass is 16.5. The number of hydrogen-bond acceptors (Lipinski definition) is 5. The molecule has 0 aliphatic heterocycles. The summed E-state index contributed by atoms with van der Waals surface area (Å²) >= 11 is 0. The maximum absolute atomic E-state index is 12.0. The summed E-state index contributed by atoms with van der Waals surface area (Å²) in [5.41, 5.74) is -0.00452. The fourth-order valence-electron chi connectivity index (χ4n) is 1.65. The summed E-state index contributed by atoms with van der Waals surface area (Å²) in [6, 6.07) is 7.80. The molecule has 0 fully saturated rings. The number of carbonyl (C=O) groups excluding carboxylic acids is 1. The number of carboxylic acids is 1. The van der Waals surface area contributed by atoms with Crippen LogP contribution in [0.5, 0.6) is 5.75 Å². The molecule has 1 rings (SSSR count). The Labute approximate surface area is 139 Å². The molecule has 124 valence electrons. The molecule has 0 saturated heterocycles. The van der Waals surface area contributed by atoms with Gasteiger partial charge in [0.15, 0.2) is 5.57 Å². The predicted molar refractivity (Wildman–Crippen MR) is 86.2 cm³/mol. The number of anilines is 1. The van der Waals surface area contributed by atoms with Gasteiger partial charge < -0.3 is 20.3 Å². The molecule has 1 aromatic rings. The molecular weight excluding hydrogens is 312 g/mol. The van der Waals surface area contributed by atoms with Crippen molar-refractivity contribution in [3.8, 4) is 24.2 Å². The van der Waals surface area contributed by atoms with Gasteiger partial charge in [0.1, 0.15) is 17.6 Å². The summed E-state index contributed by atoms with van der Waals surface area (Å²) in [4.78, 5) is 22.4. The van der Waals surface area contributed by atoms with Crippen LogP contribution < -0.4 is 10.1 Å². The van der Waals surface area contributed by atoms with E-state index in [1.807, 2.05) is 0 Å². The molecule has 0 aliphatic carbocycles. The number of aliphatic carboxylic acids is 1. The van der Waals surface area contributed by atoms with Gasteiger partial charge in [0.25, 0.3) is 5.91 Å². The van der Waals surface area contributed by atoms with Crippen LogP contribution in [0, 0.1) is 23.7 Å². The van der Waals surface area contributed by atoms with Crippen LogP contribution in [0.2, 0.25) is 0 Å². The van der Waals surface area contributed by atoms with E-state index in [2.05, 4.69) is 11.2 Å². The van der Waals surface area contributed by atoms with Gasteiger partial charge in [-0.05, 0) is 24.3 Å². The van der Waals surface area contributed by atoms with Gasteiger partial charge in [0.05, 0.1) is 13.0 Å². The summed E-state index contributed by atoms with van der Waals surface area (Å²) in [5, 5.41) is 29.7. The fraction of sp³-hybridized carbons (Fsp3) is 0.235. The van der Waals surface area contributed by atoms with E-state index in [-0.39, 0.29) is 31.6 Å². The number of nitrogens with one attached hydrogen (secondary N) is 1. The monoisotopic (exact) mass is 328 g/mol. The Balaban J connectivity index is 2.68. The number of aliphatic hydroxyl groups is 1. The first kappa shape index (κ1) is 18.6. The number of terminal acetylenes is 1. The lowest BCUT2D eigenvalue weighted by Gasteiger charge is -2.08. The third-order valence-corrected chi connectivity index (χ3v) is 2.83. The average Bonchev–Trinajstić information content (AvgIpc) is 2.55. The van der Waals surface area contributed by atoms with Gasteiger partial charge in [-0.15, -0.1) is 12.3 Å². The number of benzene rings is 1. The zero-order valence-corrected chi connectivity index (χ0v) is 12.8. The van der Waals surface area contributed by atoms with Crippen LogP contribution in [-0.2, 0) is 9.59 Å². The van der Waals surface area contributed by atoms with Crippen molar-refractivity contribution in [2.24, 2.45) is 0 Å². The number of amides is 1. The van der Waals surface area contributed by atoms with E-state index in [0.29, 0.717) is 11.4 Å². The summed E-state index contributed by atoms with van der Waals surface area (Å²) in [6.45, 7) is 0.0331. The number of ether oxygens (including phenoxy) is 1. The standard InChI is InChI=1S/C17H16N2O5/c1-2-3-4-15(20)14(11-18)17(23)19-12-5-7-13(8-6-12)24-10-9-16(21)22/h1,5-8,20H,3-4,9-10H2,(H,19,23)(H,21,22)/b15-14-. The quantitative estimate of drug-likeness (QED) is 0.291. The third kappa shape index (κ3) is 6.12. The Morgan fingerprint density at radius 1 is 1.21 bits per heavy atom. The van der Waals surface area contributed by atoms with Gasteiger partial charge >= 0.3 is 5.97 Å². The van der Waals surface area contributed by atoms with Gasteiger partial charge in [-0.2, -0.15) is 5.26 Å². The highest BCUT2D eigenvalue weighted by molar-refractivity contribution is 6.06. The average molecular weight is 328 g/mol. The number of rotatable bonds is 8. The maximum atomic E-state index is 12.0.